The van der Waals surface area contributed by atoms with Crippen LogP contribution in [0.15, 0.2) is 41.0 Å². The Labute approximate surface area is 134 Å². The molecule has 0 aliphatic rings. The first-order valence-corrected chi connectivity index (χ1v) is 7.93. The molecule has 2 rings (SSSR count). The normalized spacial score (nSPS) is 10.9. The third-order valence-corrected chi connectivity index (χ3v) is 3.40. The number of rotatable bonds is 6. The van der Waals surface area contributed by atoms with Gasteiger partial charge in [-0.2, -0.15) is 0 Å². The first kappa shape index (κ1) is 16.0. The second-order valence-electron chi connectivity index (χ2n) is 5.56. The van der Waals surface area contributed by atoms with Crippen molar-refractivity contribution in [1.29, 1.82) is 0 Å². The van der Waals surface area contributed by atoms with Gasteiger partial charge in [0.1, 0.15) is 5.75 Å². The molecule has 3 nitrogen and oxygen atoms in total. The van der Waals surface area contributed by atoms with Crippen molar-refractivity contribution in [2.45, 2.75) is 27.3 Å². The fraction of sp³-hybridized carbons (Fsp3) is 0.353. The Morgan fingerprint density at radius 1 is 1.29 bits per heavy atom. The molecule has 1 aromatic heterocycles. The monoisotopic (exact) mass is 348 g/mol. The Morgan fingerprint density at radius 3 is 2.81 bits per heavy atom. The standard InChI is InChI=1S/C17H21BrN2O/c1-12(2)9-19-10-14-8-15(18)11-20-17(14)21-16-6-4-5-13(3)7-16/h4-8,11-12,19H,9-10H2,1-3H3. The van der Waals surface area contributed by atoms with Crippen molar-refractivity contribution in [2.75, 3.05) is 6.54 Å². The lowest BCUT2D eigenvalue weighted by Crippen LogP contribution is -2.19. The number of aromatic nitrogens is 1. The predicted molar refractivity (Wildman–Crippen MR) is 89.7 cm³/mol. The van der Waals surface area contributed by atoms with Gasteiger partial charge in [0.25, 0.3) is 0 Å². The van der Waals surface area contributed by atoms with E-state index in [4.69, 9.17) is 4.74 Å². The molecular weight excluding hydrogens is 328 g/mol. The first-order chi connectivity index (χ1) is 10.0. The number of nitrogens with zero attached hydrogens (tertiary/aromatic N) is 1. The van der Waals surface area contributed by atoms with Crippen molar-refractivity contribution < 1.29 is 4.74 Å². The lowest BCUT2D eigenvalue weighted by Gasteiger charge is -2.12. The highest BCUT2D eigenvalue weighted by atomic mass is 79.9. The summed E-state index contributed by atoms with van der Waals surface area (Å²) in [6.07, 6.45) is 1.76. The zero-order chi connectivity index (χ0) is 15.2. The van der Waals surface area contributed by atoms with Gasteiger partial charge in [-0.05, 0) is 59.1 Å². The highest BCUT2D eigenvalue weighted by Gasteiger charge is 2.08. The summed E-state index contributed by atoms with van der Waals surface area (Å²) in [7, 11) is 0. The topological polar surface area (TPSA) is 34.1 Å². The van der Waals surface area contributed by atoms with Gasteiger partial charge in [0.05, 0.1) is 0 Å². The molecule has 0 saturated heterocycles. The molecule has 0 fully saturated rings. The summed E-state index contributed by atoms with van der Waals surface area (Å²) in [5, 5.41) is 3.43. The molecule has 112 valence electrons. The highest BCUT2D eigenvalue weighted by molar-refractivity contribution is 9.10. The lowest BCUT2D eigenvalue weighted by molar-refractivity contribution is 0.449. The molecule has 0 aliphatic heterocycles. The highest BCUT2D eigenvalue weighted by Crippen LogP contribution is 2.26. The number of aryl methyl sites for hydroxylation is 1. The van der Waals surface area contributed by atoms with E-state index in [0.29, 0.717) is 11.8 Å². The number of benzene rings is 1. The van der Waals surface area contributed by atoms with Crippen LogP contribution in [0, 0.1) is 12.8 Å². The Kier molecular flexibility index (Phi) is 5.76. The van der Waals surface area contributed by atoms with E-state index in [1.54, 1.807) is 6.20 Å². The predicted octanol–water partition coefficient (Wildman–Crippen LogP) is 4.69. The molecule has 0 saturated carbocycles. The van der Waals surface area contributed by atoms with Gasteiger partial charge in [0, 0.05) is 22.8 Å². The fourth-order valence-electron chi connectivity index (χ4n) is 1.97. The van der Waals surface area contributed by atoms with Gasteiger partial charge < -0.3 is 10.1 Å². The maximum Gasteiger partial charge on any atom is 0.223 e. The van der Waals surface area contributed by atoms with Crippen LogP contribution in [0.2, 0.25) is 0 Å². The van der Waals surface area contributed by atoms with Crippen LogP contribution in [-0.2, 0) is 6.54 Å². The first-order valence-electron chi connectivity index (χ1n) is 7.14. The van der Waals surface area contributed by atoms with Crippen LogP contribution in [0.4, 0.5) is 0 Å². The number of hydrogen-bond acceptors (Lipinski definition) is 3. The molecule has 21 heavy (non-hydrogen) atoms. The van der Waals surface area contributed by atoms with E-state index < -0.39 is 0 Å². The molecule has 0 atom stereocenters. The van der Waals surface area contributed by atoms with Crippen molar-refractivity contribution >= 4 is 15.9 Å². The van der Waals surface area contributed by atoms with Crippen LogP contribution in [0.25, 0.3) is 0 Å². The van der Waals surface area contributed by atoms with Crippen LogP contribution in [0.1, 0.15) is 25.0 Å². The van der Waals surface area contributed by atoms with E-state index in [0.717, 1.165) is 28.9 Å². The second-order valence-corrected chi connectivity index (χ2v) is 6.48. The van der Waals surface area contributed by atoms with Gasteiger partial charge in [-0.15, -0.1) is 0 Å². The molecule has 0 spiro atoms. The second kappa shape index (κ2) is 7.57. The molecule has 0 radical (unpaired) electrons. The smallest absolute Gasteiger partial charge is 0.223 e. The van der Waals surface area contributed by atoms with Crippen LogP contribution in [-0.4, -0.2) is 11.5 Å². The van der Waals surface area contributed by atoms with Crippen LogP contribution < -0.4 is 10.1 Å². The third kappa shape index (κ3) is 5.14. The summed E-state index contributed by atoms with van der Waals surface area (Å²) in [4.78, 5) is 4.39. The quantitative estimate of drug-likeness (QED) is 0.822. The Morgan fingerprint density at radius 2 is 2.10 bits per heavy atom. The Bertz CT molecular complexity index is 599. The molecule has 1 N–H and O–H groups in total. The molecule has 0 unspecified atom stereocenters. The summed E-state index contributed by atoms with van der Waals surface area (Å²) >= 11 is 3.47. The molecule has 4 heteroatoms. The van der Waals surface area contributed by atoms with Crippen molar-refractivity contribution in [1.82, 2.24) is 10.3 Å². The van der Waals surface area contributed by atoms with Crippen molar-refractivity contribution in [3.05, 3.63) is 52.1 Å². The Hall–Kier alpha value is -1.39. The number of hydrogen-bond donors (Lipinski definition) is 1. The van der Waals surface area contributed by atoms with Crippen LogP contribution in [0.3, 0.4) is 0 Å². The van der Waals surface area contributed by atoms with E-state index in [1.807, 2.05) is 37.3 Å². The largest absolute Gasteiger partial charge is 0.439 e. The van der Waals surface area contributed by atoms with Gasteiger partial charge in [-0.25, -0.2) is 4.98 Å². The zero-order valence-electron chi connectivity index (χ0n) is 12.7. The summed E-state index contributed by atoms with van der Waals surface area (Å²) in [5.41, 5.74) is 2.22. The summed E-state index contributed by atoms with van der Waals surface area (Å²) in [5.74, 6) is 2.08. The number of ether oxygens (including phenoxy) is 1. The minimum Gasteiger partial charge on any atom is -0.439 e. The van der Waals surface area contributed by atoms with Crippen molar-refractivity contribution in [2.24, 2.45) is 5.92 Å². The molecule has 0 amide bonds. The summed E-state index contributed by atoms with van der Waals surface area (Å²) < 4.78 is 6.89. The van der Waals surface area contributed by atoms with Gasteiger partial charge in [0.15, 0.2) is 0 Å². The summed E-state index contributed by atoms with van der Waals surface area (Å²) in [6, 6.07) is 10.0. The number of pyridine rings is 1. The number of halogens is 1. The van der Waals surface area contributed by atoms with Crippen molar-refractivity contribution in [3.63, 3.8) is 0 Å². The average molecular weight is 349 g/mol. The minimum atomic E-state index is 0.617. The van der Waals surface area contributed by atoms with E-state index in [2.05, 4.69) is 40.1 Å². The maximum atomic E-state index is 5.93. The van der Waals surface area contributed by atoms with E-state index >= 15 is 0 Å². The fourth-order valence-corrected chi connectivity index (χ4v) is 2.35. The minimum absolute atomic E-state index is 0.617. The van der Waals surface area contributed by atoms with Crippen LogP contribution in [0.5, 0.6) is 11.6 Å². The summed E-state index contributed by atoms with van der Waals surface area (Å²) in [6.45, 7) is 8.14. The van der Waals surface area contributed by atoms with Gasteiger partial charge in [-0.3, -0.25) is 0 Å². The molecule has 2 aromatic rings. The van der Waals surface area contributed by atoms with Crippen molar-refractivity contribution in [3.8, 4) is 11.6 Å². The molecule has 0 aliphatic carbocycles. The van der Waals surface area contributed by atoms with Crippen LogP contribution >= 0.6 is 15.9 Å². The lowest BCUT2D eigenvalue weighted by atomic mass is 10.2. The van der Waals surface area contributed by atoms with Gasteiger partial charge in [0.2, 0.25) is 5.88 Å². The maximum absolute atomic E-state index is 5.93. The van der Waals surface area contributed by atoms with E-state index in [9.17, 15) is 0 Å². The van der Waals surface area contributed by atoms with Gasteiger partial charge >= 0.3 is 0 Å². The molecule has 1 heterocycles. The molecular formula is C17H21BrN2O. The van der Waals surface area contributed by atoms with E-state index in [-0.39, 0.29) is 0 Å². The molecule has 1 aromatic carbocycles. The van der Waals surface area contributed by atoms with Gasteiger partial charge in [-0.1, -0.05) is 26.0 Å². The number of nitrogens with one attached hydrogen (secondary N) is 1. The van der Waals surface area contributed by atoms with E-state index in [1.165, 1.54) is 5.56 Å². The zero-order valence-corrected chi connectivity index (χ0v) is 14.3. The SMILES string of the molecule is Cc1cccc(Oc2ncc(Br)cc2CNCC(C)C)c1. The average Bonchev–Trinajstić information content (AvgIpc) is 2.41. The Balaban J connectivity index is 2.14. The molecule has 0 bridgehead atoms. The third-order valence-electron chi connectivity index (χ3n) is 2.96.